The van der Waals surface area contributed by atoms with Gasteiger partial charge < -0.3 is 15.9 Å². The largest absolute Gasteiger partial charge is 0.507 e. The molecule has 27 heavy (non-hydrogen) atoms. The number of hydrogen-bond donors (Lipinski definition) is 3. The Kier molecular flexibility index (Phi) is 3.19. The molecule has 0 spiro atoms. The average molecular weight is 355 g/mol. The van der Waals surface area contributed by atoms with Crippen molar-refractivity contribution in [2.24, 2.45) is 11.7 Å². The van der Waals surface area contributed by atoms with Crippen molar-refractivity contribution >= 4 is 38.6 Å². The Morgan fingerprint density at radius 2 is 1.59 bits per heavy atom. The van der Waals surface area contributed by atoms with Crippen LogP contribution in [0.4, 0.5) is 0 Å². The molecule has 0 saturated heterocycles. The Labute approximate surface area is 155 Å². The molecule has 132 valence electrons. The maximum Gasteiger partial charge on any atom is 0.249 e. The number of fused-ring (bicyclic) bond motifs is 8. The smallest absolute Gasteiger partial charge is 0.249 e. The van der Waals surface area contributed by atoms with E-state index >= 15 is 0 Å². The van der Waals surface area contributed by atoms with Crippen LogP contribution in [0.3, 0.4) is 0 Å². The minimum Gasteiger partial charge on any atom is -0.507 e. The van der Waals surface area contributed by atoms with Crippen LogP contribution in [0, 0.1) is 5.92 Å². The van der Waals surface area contributed by atoms with Crippen molar-refractivity contribution in [1.29, 1.82) is 0 Å². The highest BCUT2D eigenvalue weighted by atomic mass is 16.3. The minimum absolute atomic E-state index is 0.0604. The maximum absolute atomic E-state index is 12.3. The summed E-state index contributed by atoms with van der Waals surface area (Å²) in [7, 11) is 0. The second kappa shape index (κ2) is 5.48. The predicted octanol–water partition coefficient (Wildman–Crippen LogP) is 4.25. The molecule has 0 aliphatic heterocycles. The molecule has 2 aliphatic rings. The van der Waals surface area contributed by atoms with Gasteiger partial charge in [-0.3, -0.25) is 4.79 Å². The van der Waals surface area contributed by atoms with E-state index in [0.29, 0.717) is 21.7 Å². The van der Waals surface area contributed by atoms with Gasteiger partial charge in [-0.25, -0.2) is 0 Å². The molecule has 4 N–H and O–H groups in total. The number of nitrogens with two attached hydrogens (primary N) is 1. The Morgan fingerprint density at radius 1 is 0.963 bits per heavy atom. The van der Waals surface area contributed by atoms with Crippen molar-refractivity contribution in [1.82, 2.24) is 0 Å². The van der Waals surface area contributed by atoms with Crippen LogP contribution in [0.25, 0.3) is 32.7 Å². The summed E-state index contributed by atoms with van der Waals surface area (Å²) < 4.78 is 0. The van der Waals surface area contributed by atoms with E-state index in [0.717, 1.165) is 28.5 Å². The van der Waals surface area contributed by atoms with Crippen molar-refractivity contribution in [2.75, 3.05) is 0 Å². The molecule has 0 fully saturated rings. The van der Waals surface area contributed by atoms with Crippen molar-refractivity contribution in [2.45, 2.75) is 6.42 Å². The number of phenols is 2. The fraction of sp³-hybridized carbons (Fsp3) is 0.0870. The molecule has 0 saturated carbocycles. The Hall–Kier alpha value is -3.53. The molecule has 1 amide bonds. The zero-order valence-electron chi connectivity index (χ0n) is 14.4. The summed E-state index contributed by atoms with van der Waals surface area (Å²) in [4.78, 5) is 12.3. The standard InChI is InChI=1S/C23H17NO3/c24-23(27)16-11-12-5-1-2-6-13(12)19-14-7-3-9-17(25)21(14)22-15(20(16)19)8-4-10-18(22)26/h1-4,6-12,25-26H,5H2,(H2,24,27). The number of rotatable bonds is 1. The van der Waals surface area contributed by atoms with Crippen molar-refractivity contribution in [3.05, 3.63) is 71.8 Å². The number of aromatic hydroxyl groups is 2. The molecular formula is C23H17NO3. The minimum atomic E-state index is -0.492. The zero-order chi connectivity index (χ0) is 18.7. The third-order valence-electron chi connectivity index (χ3n) is 5.52. The lowest BCUT2D eigenvalue weighted by Gasteiger charge is -2.30. The summed E-state index contributed by atoms with van der Waals surface area (Å²) in [5.41, 5.74) is 8.94. The summed E-state index contributed by atoms with van der Waals surface area (Å²) in [6, 6.07) is 10.5. The molecular weight excluding hydrogens is 338 g/mol. The molecule has 0 radical (unpaired) electrons. The number of amides is 1. The van der Waals surface area contributed by atoms with Crippen molar-refractivity contribution in [3.63, 3.8) is 0 Å². The number of allylic oxidation sites excluding steroid dienone is 5. The van der Waals surface area contributed by atoms with Crippen LogP contribution in [0.5, 0.6) is 11.5 Å². The van der Waals surface area contributed by atoms with Gasteiger partial charge in [0.2, 0.25) is 5.91 Å². The van der Waals surface area contributed by atoms with Crippen LogP contribution in [-0.2, 0) is 4.79 Å². The SMILES string of the molecule is NC(=O)C1=CC2CC=CC=C2c2c1c1cccc(O)c1c1c(O)cccc21. The third kappa shape index (κ3) is 2.07. The number of carbonyl (C=O) groups excluding carboxylic acids is 1. The Bertz CT molecular complexity index is 1250. The maximum atomic E-state index is 12.3. The summed E-state index contributed by atoms with van der Waals surface area (Å²) in [6.45, 7) is 0. The number of primary amides is 1. The van der Waals surface area contributed by atoms with Gasteiger partial charge in [0.05, 0.1) is 0 Å². The van der Waals surface area contributed by atoms with Gasteiger partial charge in [-0.2, -0.15) is 0 Å². The normalized spacial score (nSPS) is 18.0. The third-order valence-corrected chi connectivity index (χ3v) is 5.52. The summed E-state index contributed by atoms with van der Waals surface area (Å²) in [5.74, 6) is -0.273. The van der Waals surface area contributed by atoms with Gasteiger partial charge in [0.1, 0.15) is 11.5 Å². The number of carbonyl (C=O) groups is 1. The monoisotopic (exact) mass is 355 g/mol. The summed E-state index contributed by atoms with van der Waals surface area (Å²) >= 11 is 0. The molecule has 2 aliphatic carbocycles. The second-order valence-electron chi connectivity index (χ2n) is 6.99. The first-order chi connectivity index (χ1) is 13.1. The topological polar surface area (TPSA) is 83.6 Å². The van der Waals surface area contributed by atoms with E-state index < -0.39 is 5.91 Å². The molecule has 3 aromatic carbocycles. The van der Waals surface area contributed by atoms with E-state index in [9.17, 15) is 15.0 Å². The molecule has 0 bridgehead atoms. The van der Waals surface area contributed by atoms with E-state index in [1.54, 1.807) is 24.3 Å². The van der Waals surface area contributed by atoms with E-state index in [2.05, 4.69) is 12.2 Å². The zero-order valence-corrected chi connectivity index (χ0v) is 14.4. The van der Waals surface area contributed by atoms with Gasteiger partial charge in [0, 0.05) is 27.8 Å². The highest BCUT2D eigenvalue weighted by Crippen LogP contribution is 2.50. The Balaban J connectivity index is 2.11. The predicted molar refractivity (Wildman–Crippen MR) is 107 cm³/mol. The van der Waals surface area contributed by atoms with Gasteiger partial charge in [-0.05, 0) is 40.5 Å². The van der Waals surface area contributed by atoms with Crippen LogP contribution in [0.2, 0.25) is 0 Å². The fourth-order valence-electron chi connectivity index (χ4n) is 4.44. The number of hydrogen-bond acceptors (Lipinski definition) is 3. The average Bonchev–Trinajstić information content (AvgIpc) is 2.67. The van der Waals surface area contributed by atoms with Gasteiger partial charge in [0.25, 0.3) is 0 Å². The molecule has 0 aromatic heterocycles. The lowest BCUT2D eigenvalue weighted by atomic mass is 9.73. The molecule has 3 aromatic rings. The lowest BCUT2D eigenvalue weighted by Crippen LogP contribution is -2.20. The van der Waals surface area contributed by atoms with Gasteiger partial charge in [0.15, 0.2) is 0 Å². The summed E-state index contributed by atoms with van der Waals surface area (Å²) in [6.07, 6.45) is 8.86. The molecule has 1 atom stereocenters. The van der Waals surface area contributed by atoms with Crippen LogP contribution in [0.1, 0.15) is 17.5 Å². The van der Waals surface area contributed by atoms with Crippen LogP contribution in [-0.4, -0.2) is 16.1 Å². The van der Waals surface area contributed by atoms with Crippen LogP contribution in [0.15, 0.2) is 60.7 Å². The molecule has 5 rings (SSSR count). The molecule has 0 heterocycles. The van der Waals surface area contributed by atoms with E-state index in [4.69, 9.17) is 5.73 Å². The van der Waals surface area contributed by atoms with Gasteiger partial charge in [-0.1, -0.05) is 48.6 Å². The van der Waals surface area contributed by atoms with E-state index in [-0.39, 0.29) is 17.4 Å². The first-order valence-electron chi connectivity index (χ1n) is 8.86. The van der Waals surface area contributed by atoms with Gasteiger partial charge >= 0.3 is 0 Å². The lowest BCUT2D eigenvalue weighted by molar-refractivity contribution is -0.112. The van der Waals surface area contributed by atoms with Crippen LogP contribution >= 0.6 is 0 Å². The molecule has 1 unspecified atom stereocenters. The van der Waals surface area contributed by atoms with Crippen molar-refractivity contribution < 1.29 is 15.0 Å². The van der Waals surface area contributed by atoms with Gasteiger partial charge in [-0.15, -0.1) is 0 Å². The second-order valence-corrected chi connectivity index (χ2v) is 6.99. The number of phenolic OH excluding ortho intramolecular Hbond substituents is 2. The first-order valence-corrected chi connectivity index (χ1v) is 8.86. The highest BCUT2D eigenvalue weighted by Gasteiger charge is 2.31. The number of benzene rings is 3. The summed E-state index contributed by atoms with van der Waals surface area (Å²) in [5, 5.41) is 23.8. The van der Waals surface area contributed by atoms with Crippen molar-refractivity contribution in [3.8, 4) is 11.5 Å². The quantitative estimate of drug-likeness (QED) is 0.571. The van der Waals surface area contributed by atoms with Crippen LogP contribution < -0.4 is 5.73 Å². The molecule has 4 heteroatoms. The van der Waals surface area contributed by atoms with E-state index in [1.807, 2.05) is 24.3 Å². The first kappa shape index (κ1) is 15.7. The fourth-order valence-corrected chi connectivity index (χ4v) is 4.44. The Morgan fingerprint density at radius 3 is 2.22 bits per heavy atom. The molecule has 4 nitrogen and oxygen atoms in total. The van der Waals surface area contributed by atoms with E-state index in [1.165, 1.54) is 0 Å². The highest BCUT2D eigenvalue weighted by molar-refractivity contribution is 6.30.